The van der Waals surface area contributed by atoms with E-state index in [1.807, 2.05) is 11.3 Å². The van der Waals surface area contributed by atoms with Crippen LogP contribution in [0.25, 0.3) is 0 Å². The summed E-state index contributed by atoms with van der Waals surface area (Å²) < 4.78 is 0. The quantitative estimate of drug-likeness (QED) is 0.740. The summed E-state index contributed by atoms with van der Waals surface area (Å²) in [5.41, 5.74) is 0. The molecule has 3 heteroatoms. The first kappa shape index (κ1) is 11.1. The summed E-state index contributed by atoms with van der Waals surface area (Å²) in [5, 5.41) is 9.23. The van der Waals surface area contributed by atoms with Crippen LogP contribution in [0.2, 0.25) is 0 Å². The molecule has 15 heavy (non-hydrogen) atoms. The van der Waals surface area contributed by atoms with Gasteiger partial charge in [-0.1, -0.05) is 6.07 Å². The van der Waals surface area contributed by atoms with Gasteiger partial charge in [0, 0.05) is 30.1 Å². The standard InChI is InChI=1S/C12H20N2S/c1-10(9-14-11-4-5-11)13-7-6-12-3-2-8-15-12/h2-3,8,10-11,13-14H,4-7,9H2,1H3. The Morgan fingerprint density at radius 2 is 2.40 bits per heavy atom. The Morgan fingerprint density at radius 3 is 3.07 bits per heavy atom. The summed E-state index contributed by atoms with van der Waals surface area (Å²) >= 11 is 1.85. The van der Waals surface area contributed by atoms with Crippen LogP contribution in [0.4, 0.5) is 0 Å². The summed E-state index contributed by atoms with van der Waals surface area (Å²) in [7, 11) is 0. The van der Waals surface area contributed by atoms with Gasteiger partial charge in [-0.15, -0.1) is 11.3 Å². The molecule has 1 fully saturated rings. The van der Waals surface area contributed by atoms with Gasteiger partial charge in [0.05, 0.1) is 0 Å². The van der Waals surface area contributed by atoms with E-state index in [0.717, 1.165) is 25.6 Å². The highest BCUT2D eigenvalue weighted by atomic mass is 32.1. The van der Waals surface area contributed by atoms with E-state index < -0.39 is 0 Å². The SMILES string of the molecule is CC(CNC1CC1)NCCc1cccs1. The van der Waals surface area contributed by atoms with Crippen molar-refractivity contribution in [1.29, 1.82) is 0 Å². The molecule has 0 spiro atoms. The van der Waals surface area contributed by atoms with Gasteiger partial charge in [-0.25, -0.2) is 0 Å². The normalized spacial score (nSPS) is 17.9. The first-order chi connectivity index (χ1) is 7.34. The molecule has 1 aliphatic carbocycles. The summed E-state index contributed by atoms with van der Waals surface area (Å²) in [6, 6.07) is 5.74. The average molecular weight is 224 g/mol. The van der Waals surface area contributed by atoms with Crippen LogP contribution in [0.15, 0.2) is 17.5 Å². The van der Waals surface area contributed by atoms with E-state index in [1.165, 1.54) is 17.7 Å². The van der Waals surface area contributed by atoms with E-state index in [2.05, 4.69) is 35.1 Å². The fourth-order valence-electron chi connectivity index (χ4n) is 1.60. The third-order valence-electron chi connectivity index (χ3n) is 2.73. The Hall–Kier alpha value is -0.380. The number of hydrogen-bond acceptors (Lipinski definition) is 3. The van der Waals surface area contributed by atoms with Crippen molar-refractivity contribution in [3.8, 4) is 0 Å². The molecule has 1 unspecified atom stereocenters. The highest BCUT2D eigenvalue weighted by Crippen LogP contribution is 2.18. The van der Waals surface area contributed by atoms with Gasteiger partial charge in [0.15, 0.2) is 0 Å². The van der Waals surface area contributed by atoms with Crippen molar-refractivity contribution in [2.24, 2.45) is 0 Å². The molecule has 1 atom stereocenters. The van der Waals surface area contributed by atoms with E-state index in [1.54, 1.807) is 0 Å². The monoisotopic (exact) mass is 224 g/mol. The highest BCUT2D eigenvalue weighted by molar-refractivity contribution is 7.09. The van der Waals surface area contributed by atoms with Gasteiger partial charge in [0.1, 0.15) is 0 Å². The zero-order valence-electron chi connectivity index (χ0n) is 9.33. The maximum Gasteiger partial charge on any atom is 0.0164 e. The maximum atomic E-state index is 3.55. The Kier molecular flexibility index (Phi) is 4.18. The van der Waals surface area contributed by atoms with Crippen LogP contribution in [0, 0.1) is 0 Å². The minimum Gasteiger partial charge on any atom is -0.313 e. The molecule has 0 aromatic carbocycles. The minimum atomic E-state index is 0.588. The van der Waals surface area contributed by atoms with E-state index in [9.17, 15) is 0 Å². The van der Waals surface area contributed by atoms with Crippen molar-refractivity contribution in [2.75, 3.05) is 13.1 Å². The van der Waals surface area contributed by atoms with Crippen LogP contribution in [0.1, 0.15) is 24.6 Å². The second-order valence-electron chi connectivity index (χ2n) is 4.37. The van der Waals surface area contributed by atoms with Crippen LogP contribution in [0.3, 0.4) is 0 Å². The summed E-state index contributed by atoms with van der Waals surface area (Å²) in [6.07, 6.45) is 3.91. The number of rotatable bonds is 7. The molecule has 0 saturated heterocycles. The Labute approximate surface area is 96.1 Å². The second kappa shape index (κ2) is 5.64. The molecule has 84 valence electrons. The van der Waals surface area contributed by atoms with Crippen LogP contribution in [0.5, 0.6) is 0 Å². The van der Waals surface area contributed by atoms with E-state index in [4.69, 9.17) is 0 Å². The molecule has 2 nitrogen and oxygen atoms in total. The van der Waals surface area contributed by atoms with Crippen molar-refractivity contribution in [3.05, 3.63) is 22.4 Å². The molecule has 1 saturated carbocycles. The lowest BCUT2D eigenvalue weighted by molar-refractivity contribution is 0.504. The third-order valence-corrected chi connectivity index (χ3v) is 3.67. The molecule has 0 radical (unpaired) electrons. The van der Waals surface area contributed by atoms with Crippen molar-refractivity contribution >= 4 is 11.3 Å². The molecular formula is C12H20N2S. The number of hydrogen-bond donors (Lipinski definition) is 2. The van der Waals surface area contributed by atoms with Gasteiger partial charge in [-0.3, -0.25) is 0 Å². The number of nitrogens with one attached hydrogen (secondary N) is 2. The van der Waals surface area contributed by atoms with Crippen molar-refractivity contribution in [3.63, 3.8) is 0 Å². The van der Waals surface area contributed by atoms with Gasteiger partial charge in [-0.05, 0) is 37.6 Å². The summed E-state index contributed by atoms with van der Waals surface area (Å²) in [4.78, 5) is 1.48. The molecular weight excluding hydrogens is 204 g/mol. The topological polar surface area (TPSA) is 24.1 Å². The molecule has 1 heterocycles. The Bertz CT molecular complexity index is 267. The van der Waals surface area contributed by atoms with E-state index >= 15 is 0 Å². The summed E-state index contributed by atoms with van der Waals surface area (Å²) in [6.45, 7) is 4.45. The van der Waals surface area contributed by atoms with Crippen LogP contribution in [-0.2, 0) is 6.42 Å². The molecule has 1 aromatic rings. The fraction of sp³-hybridized carbons (Fsp3) is 0.667. The zero-order chi connectivity index (χ0) is 10.5. The first-order valence-corrected chi connectivity index (χ1v) is 6.71. The molecule has 1 aliphatic rings. The maximum absolute atomic E-state index is 3.55. The van der Waals surface area contributed by atoms with Crippen molar-refractivity contribution in [2.45, 2.75) is 38.3 Å². The van der Waals surface area contributed by atoms with Crippen molar-refractivity contribution < 1.29 is 0 Å². The Morgan fingerprint density at radius 1 is 1.53 bits per heavy atom. The highest BCUT2D eigenvalue weighted by Gasteiger charge is 2.20. The molecule has 2 N–H and O–H groups in total. The number of thiophene rings is 1. The minimum absolute atomic E-state index is 0.588. The smallest absolute Gasteiger partial charge is 0.0164 e. The third kappa shape index (κ3) is 4.33. The van der Waals surface area contributed by atoms with E-state index in [-0.39, 0.29) is 0 Å². The lowest BCUT2D eigenvalue weighted by atomic mass is 10.3. The fourth-order valence-corrected chi connectivity index (χ4v) is 2.31. The van der Waals surface area contributed by atoms with Gasteiger partial charge < -0.3 is 10.6 Å². The van der Waals surface area contributed by atoms with Gasteiger partial charge in [-0.2, -0.15) is 0 Å². The van der Waals surface area contributed by atoms with Gasteiger partial charge >= 0.3 is 0 Å². The molecule has 2 rings (SSSR count). The van der Waals surface area contributed by atoms with Crippen LogP contribution >= 0.6 is 11.3 Å². The van der Waals surface area contributed by atoms with Crippen LogP contribution in [-0.4, -0.2) is 25.2 Å². The van der Waals surface area contributed by atoms with Gasteiger partial charge in [0.2, 0.25) is 0 Å². The second-order valence-corrected chi connectivity index (χ2v) is 5.40. The predicted molar refractivity (Wildman–Crippen MR) is 66.5 cm³/mol. The summed E-state index contributed by atoms with van der Waals surface area (Å²) in [5.74, 6) is 0. The van der Waals surface area contributed by atoms with Gasteiger partial charge in [0.25, 0.3) is 0 Å². The zero-order valence-corrected chi connectivity index (χ0v) is 10.1. The lowest BCUT2D eigenvalue weighted by Gasteiger charge is -2.13. The van der Waals surface area contributed by atoms with E-state index in [0.29, 0.717) is 6.04 Å². The largest absolute Gasteiger partial charge is 0.313 e. The average Bonchev–Trinajstić information content (AvgIpc) is 2.92. The van der Waals surface area contributed by atoms with Crippen molar-refractivity contribution in [1.82, 2.24) is 10.6 Å². The lowest BCUT2D eigenvalue weighted by Crippen LogP contribution is -2.38. The molecule has 0 amide bonds. The molecule has 0 aliphatic heterocycles. The van der Waals surface area contributed by atoms with Crippen LogP contribution < -0.4 is 10.6 Å². The molecule has 1 aromatic heterocycles. The Balaban J connectivity index is 1.52. The predicted octanol–water partition coefficient (Wildman–Crippen LogP) is 2.02. The molecule has 0 bridgehead atoms. The first-order valence-electron chi connectivity index (χ1n) is 5.84.